The Hall–Kier alpha value is -0.760. The van der Waals surface area contributed by atoms with Gasteiger partial charge >= 0.3 is 0 Å². The number of fused-ring (bicyclic) bond motifs is 1. The summed E-state index contributed by atoms with van der Waals surface area (Å²) in [6.07, 6.45) is 4.89. The maximum atomic E-state index is 3.60. The van der Waals surface area contributed by atoms with Gasteiger partial charge in [0.25, 0.3) is 0 Å². The van der Waals surface area contributed by atoms with E-state index in [1.807, 2.05) is 0 Å². The molecule has 0 spiro atoms. The van der Waals surface area contributed by atoms with E-state index in [0.717, 1.165) is 5.92 Å². The fourth-order valence-electron chi connectivity index (χ4n) is 2.08. The topological polar surface area (TPSA) is 15.8 Å². The Balaban J connectivity index is 2.33. The smallest absolute Gasteiger partial charge is 0.0601 e. The van der Waals surface area contributed by atoms with Gasteiger partial charge in [-0.15, -0.1) is 0 Å². The predicted molar refractivity (Wildman–Crippen MR) is 62.7 cm³/mol. The minimum atomic E-state index is 0.817. The molecule has 0 saturated heterocycles. The summed E-state index contributed by atoms with van der Waals surface area (Å²) < 4.78 is 1.18. The number of aromatic amines is 1. The van der Waals surface area contributed by atoms with Crippen molar-refractivity contribution in [3.05, 3.63) is 33.9 Å². The molecule has 1 aromatic carbocycles. The van der Waals surface area contributed by atoms with Gasteiger partial charge in [0.2, 0.25) is 0 Å². The molecule has 0 aliphatic heterocycles. The molecule has 1 heterocycles. The molecule has 2 heteroatoms. The van der Waals surface area contributed by atoms with Crippen LogP contribution in [0, 0.1) is 6.92 Å². The van der Waals surface area contributed by atoms with Crippen molar-refractivity contribution in [2.45, 2.75) is 25.7 Å². The van der Waals surface area contributed by atoms with Crippen LogP contribution in [0.4, 0.5) is 0 Å². The molecule has 3 rings (SSSR count). The molecular formula is C12H12BrN. The van der Waals surface area contributed by atoms with Gasteiger partial charge in [0.1, 0.15) is 0 Å². The standard InChI is InChI=1S/C12H12BrN/c1-7-4-9-10(8-2-3-8)6-14-12(9)11(13)5-7/h4-6,8,14H,2-3H2,1H3. The molecule has 1 aliphatic carbocycles. The van der Waals surface area contributed by atoms with Gasteiger partial charge in [-0.05, 0) is 64.9 Å². The van der Waals surface area contributed by atoms with Crippen LogP contribution in [-0.2, 0) is 0 Å². The summed E-state index contributed by atoms with van der Waals surface area (Å²) in [6.45, 7) is 2.15. The first-order valence-corrected chi connectivity index (χ1v) is 5.82. The maximum Gasteiger partial charge on any atom is 0.0601 e. The van der Waals surface area contributed by atoms with Gasteiger partial charge in [-0.2, -0.15) is 0 Å². The quantitative estimate of drug-likeness (QED) is 0.783. The number of aryl methyl sites for hydroxylation is 1. The Morgan fingerprint density at radius 1 is 1.36 bits per heavy atom. The van der Waals surface area contributed by atoms with Gasteiger partial charge in [0.15, 0.2) is 0 Å². The van der Waals surface area contributed by atoms with Gasteiger partial charge in [0, 0.05) is 16.1 Å². The predicted octanol–water partition coefficient (Wildman–Crippen LogP) is 4.12. The number of benzene rings is 1. The molecule has 0 atom stereocenters. The lowest BCUT2D eigenvalue weighted by Gasteiger charge is -1.99. The molecule has 1 nitrogen and oxygen atoms in total. The third-order valence-corrected chi connectivity index (χ3v) is 3.56. The van der Waals surface area contributed by atoms with Crippen LogP contribution in [0.25, 0.3) is 10.9 Å². The zero-order chi connectivity index (χ0) is 9.71. The van der Waals surface area contributed by atoms with Crippen molar-refractivity contribution in [1.82, 2.24) is 4.98 Å². The van der Waals surface area contributed by atoms with Crippen LogP contribution in [-0.4, -0.2) is 4.98 Å². The molecule has 0 bridgehead atoms. The number of hydrogen-bond acceptors (Lipinski definition) is 0. The van der Waals surface area contributed by atoms with E-state index in [0.29, 0.717) is 0 Å². The third-order valence-electron chi connectivity index (χ3n) is 2.93. The van der Waals surface area contributed by atoms with E-state index in [1.165, 1.54) is 39.3 Å². The molecule has 1 aromatic heterocycles. The number of aromatic nitrogens is 1. The number of H-pyrrole nitrogens is 1. The highest BCUT2D eigenvalue weighted by atomic mass is 79.9. The second-order valence-electron chi connectivity index (χ2n) is 4.19. The molecule has 72 valence electrons. The molecule has 1 saturated carbocycles. The molecule has 1 fully saturated rings. The second kappa shape index (κ2) is 2.86. The van der Waals surface area contributed by atoms with Crippen molar-refractivity contribution < 1.29 is 0 Å². The lowest BCUT2D eigenvalue weighted by atomic mass is 10.1. The van der Waals surface area contributed by atoms with Crippen LogP contribution in [0.3, 0.4) is 0 Å². The van der Waals surface area contributed by atoms with E-state index in [2.05, 4.69) is 46.2 Å². The monoisotopic (exact) mass is 249 g/mol. The average molecular weight is 250 g/mol. The van der Waals surface area contributed by atoms with Crippen molar-refractivity contribution in [2.24, 2.45) is 0 Å². The van der Waals surface area contributed by atoms with E-state index in [-0.39, 0.29) is 0 Å². The highest BCUT2D eigenvalue weighted by molar-refractivity contribution is 9.10. The first kappa shape index (κ1) is 8.54. The Labute approximate surface area is 91.6 Å². The van der Waals surface area contributed by atoms with Crippen molar-refractivity contribution in [3.8, 4) is 0 Å². The minimum Gasteiger partial charge on any atom is -0.360 e. The molecule has 1 aliphatic rings. The summed E-state index contributed by atoms with van der Waals surface area (Å²) in [4.78, 5) is 3.36. The second-order valence-corrected chi connectivity index (χ2v) is 5.04. The third kappa shape index (κ3) is 1.21. The van der Waals surface area contributed by atoms with Crippen LogP contribution in [0.1, 0.15) is 29.9 Å². The molecule has 0 unspecified atom stereocenters. The summed E-state index contributed by atoms with van der Waals surface area (Å²) in [5.41, 5.74) is 4.08. The number of rotatable bonds is 1. The van der Waals surface area contributed by atoms with Crippen molar-refractivity contribution >= 4 is 26.8 Å². The zero-order valence-corrected chi connectivity index (χ0v) is 9.69. The normalized spacial score (nSPS) is 16.4. The molecule has 14 heavy (non-hydrogen) atoms. The van der Waals surface area contributed by atoms with E-state index in [1.54, 1.807) is 0 Å². The fraction of sp³-hybridized carbons (Fsp3) is 0.333. The van der Waals surface area contributed by atoms with Crippen LogP contribution in [0.2, 0.25) is 0 Å². The summed E-state index contributed by atoms with van der Waals surface area (Å²) in [6, 6.07) is 4.44. The molecular weight excluding hydrogens is 238 g/mol. The van der Waals surface area contributed by atoms with Gasteiger partial charge in [-0.25, -0.2) is 0 Å². The van der Waals surface area contributed by atoms with Gasteiger partial charge in [-0.1, -0.05) is 0 Å². The number of hydrogen-bond donors (Lipinski definition) is 1. The summed E-state index contributed by atoms with van der Waals surface area (Å²) in [5.74, 6) is 0.817. The summed E-state index contributed by atoms with van der Waals surface area (Å²) in [7, 11) is 0. The summed E-state index contributed by atoms with van der Waals surface area (Å²) in [5, 5.41) is 1.40. The Morgan fingerprint density at radius 2 is 2.14 bits per heavy atom. The average Bonchev–Trinajstić information content (AvgIpc) is 2.87. The van der Waals surface area contributed by atoms with Crippen molar-refractivity contribution in [1.29, 1.82) is 0 Å². The molecule has 1 N–H and O–H groups in total. The van der Waals surface area contributed by atoms with Crippen molar-refractivity contribution in [2.75, 3.05) is 0 Å². The van der Waals surface area contributed by atoms with E-state index in [9.17, 15) is 0 Å². The Morgan fingerprint density at radius 3 is 2.86 bits per heavy atom. The van der Waals surface area contributed by atoms with E-state index < -0.39 is 0 Å². The Kier molecular flexibility index (Phi) is 1.75. The SMILES string of the molecule is Cc1cc(Br)c2[nH]cc(C3CC3)c2c1. The molecule has 0 radical (unpaired) electrons. The fourth-order valence-corrected chi connectivity index (χ4v) is 2.77. The first-order valence-electron chi connectivity index (χ1n) is 5.03. The van der Waals surface area contributed by atoms with Crippen LogP contribution < -0.4 is 0 Å². The van der Waals surface area contributed by atoms with E-state index in [4.69, 9.17) is 0 Å². The van der Waals surface area contributed by atoms with Gasteiger partial charge in [-0.3, -0.25) is 0 Å². The van der Waals surface area contributed by atoms with Gasteiger partial charge in [0.05, 0.1) is 5.52 Å². The lowest BCUT2D eigenvalue weighted by Crippen LogP contribution is -1.78. The van der Waals surface area contributed by atoms with Crippen LogP contribution in [0.15, 0.2) is 22.8 Å². The van der Waals surface area contributed by atoms with Crippen LogP contribution >= 0.6 is 15.9 Å². The molecule has 2 aromatic rings. The minimum absolute atomic E-state index is 0.817. The number of halogens is 1. The molecule has 0 amide bonds. The lowest BCUT2D eigenvalue weighted by molar-refractivity contribution is 1.15. The Bertz CT molecular complexity index is 494. The van der Waals surface area contributed by atoms with Crippen LogP contribution in [0.5, 0.6) is 0 Å². The van der Waals surface area contributed by atoms with Gasteiger partial charge < -0.3 is 4.98 Å². The highest BCUT2D eigenvalue weighted by Gasteiger charge is 2.26. The van der Waals surface area contributed by atoms with Crippen molar-refractivity contribution in [3.63, 3.8) is 0 Å². The maximum absolute atomic E-state index is 3.60. The van der Waals surface area contributed by atoms with E-state index >= 15 is 0 Å². The first-order chi connectivity index (χ1) is 6.75. The zero-order valence-electron chi connectivity index (χ0n) is 8.10. The number of nitrogens with one attached hydrogen (secondary N) is 1. The summed E-state index contributed by atoms with van der Waals surface area (Å²) >= 11 is 3.60. The largest absolute Gasteiger partial charge is 0.360 e. The highest BCUT2D eigenvalue weighted by Crippen LogP contribution is 2.44.